The second-order valence-electron chi connectivity index (χ2n) is 22.2. The van der Waals surface area contributed by atoms with Crippen LogP contribution < -0.4 is 16.0 Å². The van der Waals surface area contributed by atoms with Crippen molar-refractivity contribution in [3.05, 3.63) is 85.1 Å². The standard InChI is InChI=1S/C56H93N3O19Si/c1-35-21-18-16-14-12-10-8-9-11-13-15-17-19-22-42(77-53-52(70)49(51(69)38(4)76-53)59-55(72)74-27-28-79(5,6)7)32-46-48(58-54(71)57-25-20-26-60)45(66)34-56(73,78-46)33-41(63)30-44(65)43(64)24-23-39(61)29-40(62)31-47(67)75-37(3)36(2)50(35)68/h8-19,21-22,35-46,48-53,60-66,68-70,73H,20,23-34H2,1-7H3,(H,59,72)(H2,57,58,71)/b9-8+,12-10+,13-11+,16-14+,17-15+,21-18+,22-19+/t35-,36-,37-,38+,39+,40+,41-,42-,43+,44+,45-,46-,48+,49-,50+,51+,52-,53-,56+/m0/s1. The highest BCUT2D eigenvalue weighted by molar-refractivity contribution is 6.76. The van der Waals surface area contributed by atoms with Gasteiger partial charge in [0.05, 0.1) is 86.2 Å². The first-order valence-corrected chi connectivity index (χ1v) is 31.2. The molecule has 14 N–H and O–H groups in total. The number of esters is 1. The van der Waals surface area contributed by atoms with Crippen molar-refractivity contribution in [3.63, 3.8) is 0 Å². The van der Waals surface area contributed by atoms with Gasteiger partial charge in [0.15, 0.2) is 12.1 Å². The van der Waals surface area contributed by atoms with Crippen LogP contribution >= 0.6 is 0 Å². The van der Waals surface area contributed by atoms with E-state index >= 15 is 0 Å². The van der Waals surface area contributed by atoms with E-state index in [1.165, 1.54) is 6.92 Å². The summed E-state index contributed by atoms with van der Waals surface area (Å²) in [5, 5.41) is 129. The molecule has 2 fully saturated rings. The maximum atomic E-state index is 13.2. The average Bonchev–Trinajstić information content (AvgIpc) is 3.36. The van der Waals surface area contributed by atoms with Gasteiger partial charge >= 0.3 is 18.1 Å². The van der Waals surface area contributed by atoms with Crippen molar-refractivity contribution in [1.82, 2.24) is 16.0 Å². The summed E-state index contributed by atoms with van der Waals surface area (Å²) in [6.45, 7) is 13.1. The summed E-state index contributed by atoms with van der Waals surface area (Å²) < 4.78 is 29.4. The number of alkyl carbamates (subject to hydrolysis) is 1. The number of hydrogen-bond acceptors (Lipinski definition) is 19. The van der Waals surface area contributed by atoms with Crippen LogP contribution in [0.1, 0.15) is 85.5 Å². The molecule has 0 aromatic rings. The normalized spacial score (nSPS) is 39.5. The Labute approximate surface area is 466 Å². The molecular formula is C56H93N3O19Si. The summed E-state index contributed by atoms with van der Waals surface area (Å²) >= 11 is 0. The third-order valence-corrected chi connectivity index (χ3v) is 15.7. The lowest BCUT2D eigenvalue weighted by atomic mass is 9.87. The molecule has 79 heavy (non-hydrogen) atoms. The van der Waals surface area contributed by atoms with Crippen LogP contribution in [0.25, 0.3) is 0 Å². The number of aliphatic hydroxyl groups excluding tert-OH is 10. The Morgan fingerprint density at radius 1 is 0.684 bits per heavy atom. The highest BCUT2D eigenvalue weighted by Crippen LogP contribution is 2.35. The lowest BCUT2D eigenvalue weighted by Gasteiger charge is -2.46. The molecule has 19 atom stereocenters. The quantitative estimate of drug-likeness (QED) is 0.0847. The van der Waals surface area contributed by atoms with Crippen molar-refractivity contribution in [2.45, 2.75) is 215 Å². The Morgan fingerprint density at radius 3 is 1.90 bits per heavy atom. The number of urea groups is 1. The number of allylic oxidation sites excluding steroid dienone is 12. The molecule has 3 heterocycles. The van der Waals surface area contributed by atoms with Crippen molar-refractivity contribution in [2.75, 3.05) is 19.8 Å². The highest BCUT2D eigenvalue weighted by Gasteiger charge is 2.50. The van der Waals surface area contributed by atoms with E-state index in [1.807, 2.05) is 25.2 Å². The molecule has 2 saturated heterocycles. The molecule has 3 aliphatic heterocycles. The van der Waals surface area contributed by atoms with Gasteiger partial charge in [-0.3, -0.25) is 4.79 Å². The fourth-order valence-electron chi connectivity index (χ4n) is 9.08. The number of carbonyl (C=O) groups is 3. The first-order valence-electron chi connectivity index (χ1n) is 27.5. The van der Waals surface area contributed by atoms with Gasteiger partial charge in [0.2, 0.25) is 0 Å². The topological polar surface area (TPSA) is 356 Å². The first kappa shape index (κ1) is 69.1. The lowest BCUT2D eigenvalue weighted by molar-refractivity contribution is -0.303. The Hall–Kier alpha value is -4.15. The number of rotatable bonds is 10. The number of carbonyl (C=O) groups excluding carboxylic acids is 3. The molecule has 0 aliphatic carbocycles. The van der Waals surface area contributed by atoms with Crippen LogP contribution in [-0.4, -0.2) is 206 Å². The molecule has 2 bridgehead atoms. The minimum atomic E-state index is -2.32. The van der Waals surface area contributed by atoms with Crippen LogP contribution in [0.2, 0.25) is 25.7 Å². The van der Waals surface area contributed by atoms with Crippen molar-refractivity contribution in [3.8, 4) is 0 Å². The van der Waals surface area contributed by atoms with Crippen molar-refractivity contribution in [2.24, 2.45) is 11.8 Å². The smallest absolute Gasteiger partial charge is 0.407 e. The number of ether oxygens (including phenoxy) is 5. The third-order valence-electron chi connectivity index (χ3n) is 14.0. The van der Waals surface area contributed by atoms with Crippen LogP contribution in [0.5, 0.6) is 0 Å². The highest BCUT2D eigenvalue weighted by atomic mass is 28.3. The zero-order valence-electron chi connectivity index (χ0n) is 46.9. The average molecular weight is 1140 g/mol. The third kappa shape index (κ3) is 26.1. The van der Waals surface area contributed by atoms with Crippen molar-refractivity contribution < 1.29 is 94.2 Å². The zero-order valence-corrected chi connectivity index (χ0v) is 47.9. The van der Waals surface area contributed by atoms with E-state index in [9.17, 15) is 70.6 Å². The summed E-state index contributed by atoms with van der Waals surface area (Å²) in [6.07, 6.45) is 2.50. The van der Waals surface area contributed by atoms with Gasteiger partial charge in [0.1, 0.15) is 18.3 Å². The van der Waals surface area contributed by atoms with E-state index in [1.54, 1.807) is 80.7 Å². The van der Waals surface area contributed by atoms with E-state index in [-0.39, 0.29) is 57.8 Å². The molecule has 3 aliphatic rings. The molecule has 0 spiro atoms. The van der Waals surface area contributed by atoms with Crippen LogP contribution in [0.4, 0.5) is 9.59 Å². The largest absolute Gasteiger partial charge is 0.462 e. The number of amides is 3. The second-order valence-corrected chi connectivity index (χ2v) is 27.9. The molecule has 0 aromatic carbocycles. The Morgan fingerprint density at radius 2 is 1.29 bits per heavy atom. The summed E-state index contributed by atoms with van der Waals surface area (Å²) in [4.78, 5) is 38.8. The molecule has 22 nitrogen and oxygen atoms in total. The van der Waals surface area contributed by atoms with Gasteiger partial charge in [-0.25, -0.2) is 9.59 Å². The van der Waals surface area contributed by atoms with E-state index in [0.29, 0.717) is 6.04 Å². The number of hydrogen-bond donors (Lipinski definition) is 14. The predicted octanol–water partition coefficient (Wildman–Crippen LogP) is 2.17. The van der Waals surface area contributed by atoms with Gasteiger partial charge in [-0.15, -0.1) is 0 Å². The summed E-state index contributed by atoms with van der Waals surface area (Å²) in [5.74, 6) is -3.83. The van der Waals surface area contributed by atoms with E-state index in [0.717, 1.165) is 0 Å². The minimum absolute atomic E-state index is 0.0720. The van der Waals surface area contributed by atoms with Crippen LogP contribution in [0.3, 0.4) is 0 Å². The van der Waals surface area contributed by atoms with E-state index < -0.39 is 161 Å². The molecule has 0 saturated carbocycles. The fraction of sp³-hybridized carbons (Fsp3) is 0.696. The minimum Gasteiger partial charge on any atom is -0.462 e. The lowest BCUT2D eigenvalue weighted by Crippen LogP contribution is -2.65. The summed E-state index contributed by atoms with van der Waals surface area (Å²) in [6, 6.07) is -2.65. The van der Waals surface area contributed by atoms with Gasteiger partial charge in [-0.1, -0.05) is 119 Å². The SMILES string of the molecule is C[C@@H]1[C@H](O)[C@@H](C)/C=C/C=C/C=C/C=C/C=C/C=C/C=C/[C@H](O[C@@H]2O[C@H](C)[C@@H](O)[C@H](NC(=O)OCC[Si](C)(C)C)[C@@H]2O)C[C@@H]2O[C@](O)(C[C@@H](O)C[C@@H](O)[C@H](O)CC[C@@H](O)C[C@@H](O)CC(=O)O[C@H]1C)C[C@H](O)[C@H]2NC(=O)NCCCO. The van der Waals surface area contributed by atoms with Gasteiger partial charge in [-0.05, 0) is 45.6 Å². The zero-order chi connectivity index (χ0) is 58.9. The van der Waals surface area contributed by atoms with Crippen LogP contribution in [0.15, 0.2) is 85.1 Å². The van der Waals surface area contributed by atoms with Gasteiger partial charge in [-0.2, -0.15) is 0 Å². The summed E-state index contributed by atoms with van der Waals surface area (Å²) in [7, 11) is -1.57. The Kier molecular flexibility index (Phi) is 30.6. The van der Waals surface area contributed by atoms with E-state index in [2.05, 4.69) is 35.6 Å². The number of aliphatic hydroxyl groups is 11. The molecular weight excluding hydrogens is 1050 g/mol. The molecule has 0 unspecified atom stereocenters. The molecule has 3 rings (SSSR count). The van der Waals surface area contributed by atoms with Crippen molar-refractivity contribution in [1.29, 1.82) is 0 Å². The monoisotopic (exact) mass is 1140 g/mol. The Balaban J connectivity index is 1.98. The van der Waals surface area contributed by atoms with Crippen molar-refractivity contribution >= 4 is 26.2 Å². The molecule has 0 radical (unpaired) electrons. The van der Waals surface area contributed by atoms with Gasteiger partial charge in [0, 0.05) is 58.7 Å². The Bertz CT molecular complexity index is 2030. The fourth-order valence-corrected chi connectivity index (χ4v) is 9.80. The first-order chi connectivity index (χ1) is 37.2. The van der Waals surface area contributed by atoms with Crippen LogP contribution in [0, 0.1) is 11.8 Å². The molecule has 3 amide bonds. The number of cyclic esters (lactones) is 1. The maximum absolute atomic E-state index is 13.2. The van der Waals surface area contributed by atoms with Gasteiger partial charge in [0.25, 0.3) is 0 Å². The van der Waals surface area contributed by atoms with E-state index in [4.69, 9.17) is 23.7 Å². The van der Waals surface area contributed by atoms with Gasteiger partial charge < -0.3 is 95.8 Å². The number of nitrogens with one attached hydrogen (secondary N) is 3. The maximum Gasteiger partial charge on any atom is 0.407 e. The van der Waals surface area contributed by atoms with Crippen LogP contribution in [-0.2, 0) is 28.5 Å². The summed E-state index contributed by atoms with van der Waals surface area (Å²) in [5.41, 5.74) is 0. The number of fused-ring (bicyclic) bond motifs is 2. The molecule has 23 heteroatoms. The predicted molar refractivity (Wildman–Crippen MR) is 296 cm³/mol. The molecule has 0 aromatic heterocycles. The second kappa shape index (κ2) is 35.0. The molecule has 450 valence electrons.